The molecule has 2 aromatic heterocycles. The molecule has 2 N–H and O–H groups in total. The fourth-order valence-corrected chi connectivity index (χ4v) is 8.93. The molecule has 1 aliphatic rings. The molecular formula is C42H48N7O6P. The molecule has 0 radical (unpaired) electrons. The molecule has 0 amide bonds. The summed E-state index contributed by atoms with van der Waals surface area (Å²) < 4.78 is 42.7. The smallest absolute Gasteiger partial charge is 0.259 e. The number of methoxy groups -OCH3 is 2. The van der Waals surface area contributed by atoms with Crippen molar-refractivity contribution in [3.05, 3.63) is 108 Å². The quantitative estimate of drug-likeness (QED) is 0.0439. The summed E-state index contributed by atoms with van der Waals surface area (Å²) >= 11 is 0. The predicted molar refractivity (Wildman–Crippen MR) is 214 cm³/mol. The van der Waals surface area contributed by atoms with E-state index in [2.05, 4.69) is 59.3 Å². The van der Waals surface area contributed by atoms with Crippen molar-refractivity contribution in [3.63, 3.8) is 0 Å². The van der Waals surface area contributed by atoms with Gasteiger partial charge in [0.2, 0.25) is 0 Å². The number of fused-ring (bicyclic) bond motifs is 1. The summed E-state index contributed by atoms with van der Waals surface area (Å²) in [7, 11) is 1.54. The van der Waals surface area contributed by atoms with Gasteiger partial charge in [-0.15, -0.1) is 6.42 Å². The normalized spacial score (nSPS) is 19.0. The highest BCUT2D eigenvalue weighted by molar-refractivity contribution is 7.44. The van der Waals surface area contributed by atoms with E-state index in [1.807, 2.05) is 78.9 Å². The summed E-state index contributed by atoms with van der Waals surface area (Å²) in [5.41, 5.74) is 8.55. The first-order chi connectivity index (χ1) is 27.2. The van der Waals surface area contributed by atoms with Crippen molar-refractivity contribution >= 4 is 25.5 Å². The number of imidazole rings is 1. The van der Waals surface area contributed by atoms with Gasteiger partial charge in [-0.3, -0.25) is 4.57 Å². The third-order valence-electron chi connectivity index (χ3n) is 9.71. The van der Waals surface area contributed by atoms with Crippen molar-refractivity contribution in [1.82, 2.24) is 24.2 Å². The van der Waals surface area contributed by atoms with Gasteiger partial charge in [0, 0.05) is 12.1 Å². The van der Waals surface area contributed by atoms with Crippen LogP contribution >= 0.6 is 8.53 Å². The fraction of sp³-hybridized carbons (Fsp3) is 0.381. The second-order valence-electron chi connectivity index (χ2n) is 13.8. The summed E-state index contributed by atoms with van der Waals surface area (Å²) in [4.78, 5) is 13.1. The van der Waals surface area contributed by atoms with E-state index in [9.17, 15) is 5.26 Å². The highest BCUT2D eigenvalue weighted by Gasteiger charge is 2.50. The number of terminal acetylenes is 1. The van der Waals surface area contributed by atoms with Gasteiger partial charge in [0.1, 0.15) is 41.2 Å². The standard InChI is InChI=1S/C42H48N7O6P/c1-8-35-38(55-56(53-24-12-23-43)49(28(2)3)29(4)5)36(54-41(35)48-27-47-37-39(44)45-26-46-40(37)48)25-52-42(30-13-10-9-11-14-30,31-15-19-33(50-6)20-16-31)32-17-21-34(51-7)22-18-32/h1,9-11,13-22,26-29,35-36,38,41H,12,24-25H2,2-7H3,(H2,44,45,46)/t35-,36+,38-,41+,56?/m0/s1. The summed E-state index contributed by atoms with van der Waals surface area (Å²) in [6.45, 7) is 8.54. The van der Waals surface area contributed by atoms with Gasteiger partial charge in [-0.1, -0.05) is 60.5 Å². The fourth-order valence-electron chi connectivity index (χ4n) is 7.15. The topological polar surface area (TPSA) is 152 Å². The molecule has 292 valence electrons. The molecule has 0 aliphatic carbocycles. The van der Waals surface area contributed by atoms with Gasteiger partial charge >= 0.3 is 0 Å². The van der Waals surface area contributed by atoms with Crippen molar-refractivity contribution in [2.45, 2.75) is 70.2 Å². The number of rotatable bonds is 17. The van der Waals surface area contributed by atoms with E-state index in [-0.39, 0.29) is 37.5 Å². The van der Waals surface area contributed by atoms with Crippen LogP contribution in [0, 0.1) is 29.6 Å². The maximum Gasteiger partial charge on any atom is 0.259 e. The van der Waals surface area contributed by atoms with Crippen LogP contribution in [0.5, 0.6) is 11.5 Å². The van der Waals surface area contributed by atoms with Crippen LogP contribution in [0.3, 0.4) is 0 Å². The van der Waals surface area contributed by atoms with Gasteiger partial charge in [0.05, 0.1) is 52.2 Å². The number of ether oxygens (including phenoxy) is 4. The minimum absolute atomic E-state index is 0.0285. The number of nitrogen functional groups attached to an aromatic ring is 1. The molecule has 1 fully saturated rings. The molecule has 3 heterocycles. The Bertz CT molecular complexity index is 2060. The summed E-state index contributed by atoms with van der Waals surface area (Å²) in [6, 6.07) is 28.0. The Morgan fingerprint density at radius 1 is 0.911 bits per heavy atom. The molecule has 5 aromatic rings. The molecule has 1 aliphatic heterocycles. The van der Waals surface area contributed by atoms with Crippen LogP contribution in [0.1, 0.15) is 57.0 Å². The van der Waals surface area contributed by atoms with Crippen LogP contribution in [0.25, 0.3) is 11.2 Å². The molecule has 0 spiro atoms. The summed E-state index contributed by atoms with van der Waals surface area (Å²) in [5, 5.41) is 9.39. The Kier molecular flexibility index (Phi) is 13.2. The largest absolute Gasteiger partial charge is 0.497 e. The van der Waals surface area contributed by atoms with Crippen molar-refractivity contribution in [3.8, 4) is 29.9 Å². The summed E-state index contributed by atoms with van der Waals surface area (Å²) in [6.07, 6.45) is 7.35. The van der Waals surface area contributed by atoms with Crippen LogP contribution in [-0.4, -0.2) is 75.9 Å². The van der Waals surface area contributed by atoms with Gasteiger partial charge < -0.3 is 33.7 Å². The molecule has 1 saturated heterocycles. The zero-order valence-corrected chi connectivity index (χ0v) is 33.4. The maximum atomic E-state index is 9.39. The van der Waals surface area contributed by atoms with E-state index in [4.69, 9.17) is 40.2 Å². The maximum absolute atomic E-state index is 9.39. The zero-order chi connectivity index (χ0) is 39.8. The van der Waals surface area contributed by atoms with E-state index < -0.39 is 38.5 Å². The number of nitriles is 1. The number of aromatic nitrogens is 4. The van der Waals surface area contributed by atoms with E-state index >= 15 is 0 Å². The molecule has 13 nitrogen and oxygen atoms in total. The Morgan fingerprint density at radius 3 is 2.07 bits per heavy atom. The van der Waals surface area contributed by atoms with Crippen molar-refractivity contribution in [2.24, 2.45) is 5.92 Å². The van der Waals surface area contributed by atoms with Gasteiger partial charge in [0.25, 0.3) is 8.53 Å². The minimum atomic E-state index is -1.73. The Hall–Kier alpha value is -5.11. The monoisotopic (exact) mass is 777 g/mol. The molecular weight excluding hydrogens is 729 g/mol. The first-order valence-corrected chi connectivity index (χ1v) is 19.6. The van der Waals surface area contributed by atoms with Crippen molar-refractivity contribution in [1.29, 1.82) is 5.26 Å². The van der Waals surface area contributed by atoms with Gasteiger partial charge in [-0.05, 0) is 68.7 Å². The lowest BCUT2D eigenvalue weighted by Crippen LogP contribution is -2.41. The molecule has 14 heteroatoms. The second-order valence-corrected chi connectivity index (χ2v) is 15.2. The number of hydrogen-bond donors (Lipinski definition) is 1. The van der Waals surface area contributed by atoms with Crippen LogP contribution < -0.4 is 15.2 Å². The molecule has 3 aromatic carbocycles. The molecule has 56 heavy (non-hydrogen) atoms. The van der Waals surface area contributed by atoms with Gasteiger partial charge in [0.15, 0.2) is 17.7 Å². The third-order valence-corrected chi connectivity index (χ3v) is 11.8. The molecule has 1 unspecified atom stereocenters. The van der Waals surface area contributed by atoms with E-state index in [0.717, 1.165) is 16.7 Å². The zero-order valence-electron chi connectivity index (χ0n) is 32.5. The molecule has 5 atom stereocenters. The average Bonchev–Trinajstić information content (AvgIpc) is 3.80. The van der Waals surface area contributed by atoms with Crippen LogP contribution in [0.2, 0.25) is 0 Å². The molecule has 6 rings (SSSR count). The first-order valence-electron chi connectivity index (χ1n) is 18.4. The molecule has 0 bridgehead atoms. The van der Waals surface area contributed by atoms with E-state index in [1.165, 1.54) is 6.33 Å². The third kappa shape index (κ3) is 8.21. The molecule has 0 saturated carbocycles. The Morgan fingerprint density at radius 2 is 1.52 bits per heavy atom. The first kappa shape index (κ1) is 40.6. The lowest BCUT2D eigenvalue weighted by atomic mass is 9.80. The number of hydrogen-bond acceptors (Lipinski definition) is 12. The van der Waals surface area contributed by atoms with E-state index in [0.29, 0.717) is 22.7 Å². The van der Waals surface area contributed by atoms with Crippen molar-refractivity contribution in [2.75, 3.05) is 33.2 Å². The lowest BCUT2D eigenvalue weighted by molar-refractivity contribution is -0.0914. The summed E-state index contributed by atoms with van der Waals surface area (Å²) in [5.74, 6) is 3.97. The van der Waals surface area contributed by atoms with Gasteiger partial charge in [-0.25, -0.2) is 19.6 Å². The highest BCUT2D eigenvalue weighted by atomic mass is 31.2. The lowest BCUT2D eigenvalue weighted by Gasteiger charge is -2.39. The SMILES string of the molecule is C#C[C@H]1[C@H](OP(OCCC#N)N(C(C)C)C(C)C)[C@@H](COC(c2ccccc2)(c2ccc(OC)cc2)c2ccc(OC)cc2)O[C@H]1n1cnc2c(N)ncnc21. The van der Waals surface area contributed by atoms with Crippen molar-refractivity contribution < 1.29 is 28.0 Å². The number of anilines is 1. The Balaban J connectivity index is 1.48. The van der Waals surface area contributed by atoms with E-state index in [1.54, 1.807) is 25.1 Å². The average molecular weight is 778 g/mol. The van der Waals surface area contributed by atoms with Crippen LogP contribution in [-0.2, 0) is 24.1 Å². The minimum Gasteiger partial charge on any atom is -0.497 e. The number of benzene rings is 3. The predicted octanol–water partition coefficient (Wildman–Crippen LogP) is 7.24. The van der Waals surface area contributed by atoms with Crippen LogP contribution in [0.15, 0.2) is 91.5 Å². The number of nitrogens with zero attached hydrogens (tertiary/aromatic N) is 6. The highest BCUT2D eigenvalue weighted by Crippen LogP contribution is 2.52. The Labute approximate surface area is 329 Å². The van der Waals surface area contributed by atoms with Crippen LogP contribution in [0.4, 0.5) is 5.82 Å². The van der Waals surface area contributed by atoms with Gasteiger partial charge in [-0.2, -0.15) is 5.26 Å². The number of nitrogens with two attached hydrogens (primary N) is 1. The second kappa shape index (κ2) is 18.2.